The Kier molecular flexibility index (Phi) is 5.12. The van der Waals surface area contributed by atoms with Crippen LogP contribution in [0.2, 0.25) is 0 Å². The summed E-state index contributed by atoms with van der Waals surface area (Å²) < 4.78 is 0. The number of carbonyl (C=O) groups excluding carboxylic acids is 1. The summed E-state index contributed by atoms with van der Waals surface area (Å²) in [5.74, 6) is 0.520. The maximum atomic E-state index is 11.7. The van der Waals surface area contributed by atoms with E-state index in [2.05, 4.69) is 5.32 Å². The molecule has 1 aromatic carbocycles. The van der Waals surface area contributed by atoms with Crippen LogP contribution in [0.4, 0.5) is 5.69 Å². The maximum absolute atomic E-state index is 11.7. The van der Waals surface area contributed by atoms with E-state index < -0.39 is 0 Å². The van der Waals surface area contributed by atoms with E-state index in [0.29, 0.717) is 18.0 Å². The molecule has 88 valence electrons. The van der Waals surface area contributed by atoms with Crippen molar-refractivity contribution in [2.24, 2.45) is 0 Å². The molecule has 0 unspecified atom stereocenters. The van der Waals surface area contributed by atoms with Crippen LogP contribution in [0.3, 0.4) is 0 Å². The fourth-order valence-corrected chi connectivity index (χ4v) is 1.43. The number of benzene rings is 1. The summed E-state index contributed by atoms with van der Waals surface area (Å²) in [5, 5.41) is 2.82. The second-order valence-electron chi connectivity index (χ2n) is 3.74. The summed E-state index contributed by atoms with van der Waals surface area (Å²) in [4.78, 5) is 13.7. The highest BCUT2D eigenvalue weighted by Gasteiger charge is 2.05. The molecule has 0 aliphatic carbocycles. The number of nitrogens with zero attached hydrogens (tertiary/aromatic N) is 1. The number of amides is 1. The number of alkyl halides is 1. The molecule has 0 aliphatic heterocycles. The van der Waals surface area contributed by atoms with Crippen molar-refractivity contribution in [1.29, 1.82) is 0 Å². The molecule has 0 spiro atoms. The van der Waals surface area contributed by atoms with Crippen LogP contribution in [0.5, 0.6) is 0 Å². The molecule has 0 bridgehead atoms. The highest BCUT2D eigenvalue weighted by Crippen LogP contribution is 2.13. The summed E-state index contributed by atoms with van der Waals surface area (Å²) in [6.45, 7) is 0.620. The molecule has 1 amide bonds. The van der Waals surface area contributed by atoms with Crippen molar-refractivity contribution in [3.63, 3.8) is 0 Å². The van der Waals surface area contributed by atoms with E-state index in [4.69, 9.17) is 11.6 Å². The van der Waals surface area contributed by atoms with E-state index in [1.165, 1.54) is 0 Å². The van der Waals surface area contributed by atoms with Crippen LogP contribution < -0.4 is 10.2 Å². The number of hydrogen-bond acceptors (Lipinski definition) is 2. The van der Waals surface area contributed by atoms with Crippen LogP contribution >= 0.6 is 11.6 Å². The van der Waals surface area contributed by atoms with Gasteiger partial charge in [-0.15, -0.1) is 11.6 Å². The average Bonchev–Trinajstić information content (AvgIpc) is 2.29. The number of rotatable bonds is 5. The summed E-state index contributed by atoms with van der Waals surface area (Å²) >= 11 is 5.54. The number of nitrogens with one attached hydrogen (secondary N) is 1. The molecule has 1 aromatic rings. The van der Waals surface area contributed by atoms with E-state index in [-0.39, 0.29) is 5.91 Å². The minimum Gasteiger partial charge on any atom is -0.378 e. The van der Waals surface area contributed by atoms with Gasteiger partial charge in [-0.05, 0) is 24.6 Å². The molecular weight excluding hydrogens is 224 g/mol. The monoisotopic (exact) mass is 240 g/mol. The molecule has 0 aliphatic rings. The highest BCUT2D eigenvalue weighted by molar-refractivity contribution is 6.17. The third-order valence-corrected chi connectivity index (χ3v) is 2.49. The average molecular weight is 241 g/mol. The lowest BCUT2D eigenvalue weighted by Gasteiger charge is -2.13. The third-order valence-electron chi connectivity index (χ3n) is 2.22. The topological polar surface area (TPSA) is 32.3 Å². The molecule has 0 saturated heterocycles. The zero-order chi connectivity index (χ0) is 12.0. The van der Waals surface area contributed by atoms with Gasteiger partial charge in [-0.1, -0.05) is 6.07 Å². The molecule has 0 saturated carbocycles. The second kappa shape index (κ2) is 6.38. The van der Waals surface area contributed by atoms with Gasteiger partial charge in [0.2, 0.25) is 0 Å². The molecule has 0 radical (unpaired) electrons. The largest absolute Gasteiger partial charge is 0.378 e. The SMILES string of the molecule is CN(C)c1cccc(C(=O)NCCCCl)c1. The lowest BCUT2D eigenvalue weighted by atomic mass is 10.2. The van der Waals surface area contributed by atoms with Crippen LogP contribution in [0.1, 0.15) is 16.8 Å². The van der Waals surface area contributed by atoms with Gasteiger partial charge in [0, 0.05) is 37.8 Å². The van der Waals surface area contributed by atoms with Crippen molar-refractivity contribution in [3.05, 3.63) is 29.8 Å². The Balaban J connectivity index is 2.64. The molecule has 1 N–H and O–H groups in total. The Morgan fingerprint density at radius 2 is 2.19 bits per heavy atom. The lowest BCUT2D eigenvalue weighted by Crippen LogP contribution is -2.24. The Morgan fingerprint density at radius 1 is 1.44 bits per heavy atom. The minimum atomic E-state index is -0.0474. The van der Waals surface area contributed by atoms with Crippen LogP contribution in [-0.2, 0) is 0 Å². The van der Waals surface area contributed by atoms with Gasteiger partial charge >= 0.3 is 0 Å². The van der Waals surface area contributed by atoms with Gasteiger partial charge in [0.15, 0.2) is 0 Å². The van der Waals surface area contributed by atoms with Gasteiger partial charge < -0.3 is 10.2 Å². The van der Waals surface area contributed by atoms with E-state index in [0.717, 1.165) is 12.1 Å². The van der Waals surface area contributed by atoms with Gasteiger partial charge in [0.1, 0.15) is 0 Å². The first kappa shape index (κ1) is 12.8. The van der Waals surface area contributed by atoms with Crippen molar-refractivity contribution in [1.82, 2.24) is 5.32 Å². The Labute approximate surface area is 101 Å². The van der Waals surface area contributed by atoms with E-state index in [1.807, 2.05) is 43.3 Å². The first-order chi connectivity index (χ1) is 7.65. The maximum Gasteiger partial charge on any atom is 0.251 e. The van der Waals surface area contributed by atoms with Gasteiger partial charge in [-0.3, -0.25) is 4.79 Å². The molecule has 4 heteroatoms. The Hall–Kier alpha value is -1.22. The molecule has 1 rings (SSSR count). The first-order valence-electron chi connectivity index (χ1n) is 5.26. The minimum absolute atomic E-state index is 0.0474. The predicted molar refractivity (Wildman–Crippen MR) is 68.4 cm³/mol. The van der Waals surface area contributed by atoms with Crippen LogP contribution in [-0.4, -0.2) is 32.4 Å². The molecule has 0 atom stereocenters. The fraction of sp³-hybridized carbons (Fsp3) is 0.417. The van der Waals surface area contributed by atoms with Gasteiger partial charge in [0.25, 0.3) is 5.91 Å². The molecule has 3 nitrogen and oxygen atoms in total. The highest BCUT2D eigenvalue weighted by atomic mass is 35.5. The van der Waals surface area contributed by atoms with E-state index >= 15 is 0 Å². The first-order valence-corrected chi connectivity index (χ1v) is 5.80. The number of halogens is 1. The molecule has 16 heavy (non-hydrogen) atoms. The number of anilines is 1. The van der Waals surface area contributed by atoms with Crippen molar-refractivity contribution in [3.8, 4) is 0 Å². The fourth-order valence-electron chi connectivity index (χ4n) is 1.30. The van der Waals surface area contributed by atoms with Crippen LogP contribution in [0.15, 0.2) is 24.3 Å². The normalized spacial score (nSPS) is 9.94. The second-order valence-corrected chi connectivity index (χ2v) is 4.12. The van der Waals surface area contributed by atoms with Crippen LogP contribution in [0.25, 0.3) is 0 Å². The predicted octanol–water partition coefficient (Wildman–Crippen LogP) is 2.11. The van der Waals surface area contributed by atoms with Gasteiger partial charge in [0.05, 0.1) is 0 Å². The zero-order valence-corrected chi connectivity index (χ0v) is 10.4. The smallest absolute Gasteiger partial charge is 0.251 e. The Bertz CT molecular complexity index is 353. The number of carbonyl (C=O) groups is 1. The van der Waals surface area contributed by atoms with Crippen molar-refractivity contribution in [2.75, 3.05) is 31.4 Å². The van der Waals surface area contributed by atoms with E-state index in [9.17, 15) is 4.79 Å². The summed E-state index contributed by atoms with van der Waals surface area (Å²) in [7, 11) is 3.90. The Morgan fingerprint density at radius 3 is 2.81 bits per heavy atom. The summed E-state index contributed by atoms with van der Waals surface area (Å²) in [6, 6.07) is 7.53. The van der Waals surface area contributed by atoms with Crippen LogP contribution in [0, 0.1) is 0 Å². The molecule has 0 heterocycles. The third kappa shape index (κ3) is 3.74. The van der Waals surface area contributed by atoms with Gasteiger partial charge in [-0.25, -0.2) is 0 Å². The van der Waals surface area contributed by atoms with Crippen molar-refractivity contribution in [2.45, 2.75) is 6.42 Å². The quantitative estimate of drug-likeness (QED) is 0.632. The molecule has 0 fully saturated rings. The summed E-state index contributed by atoms with van der Waals surface area (Å²) in [6.07, 6.45) is 0.792. The standard InChI is InChI=1S/C12H17ClN2O/c1-15(2)11-6-3-5-10(9-11)12(16)14-8-4-7-13/h3,5-6,9H,4,7-8H2,1-2H3,(H,14,16). The van der Waals surface area contributed by atoms with Crippen molar-refractivity contribution >= 4 is 23.2 Å². The van der Waals surface area contributed by atoms with Crippen molar-refractivity contribution < 1.29 is 4.79 Å². The zero-order valence-electron chi connectivity index (χ0n) is 9.66. The lowest BCUT2D eigenvalue weighted by molar-refractivity contribution is 0.0954. The molecule has 0 aromatic heterocycles. The van der Waals surface area contributed by atoms with E-state index in [1.54, 1.807) is 0 Å². The number of hydrogen-bond donors (Lipinski definition) is 1. The van der Waals surface area contributed by atoms with Gasteiger partial charge in [-0.2, -0.15) is 0 Å². The summed E-state index contributed by atoms with van der Waals surface area (Å²) in [5.41, 5.74) is 1.70. The molecular formula is C12H17ClN2O.